The van der Waals surface area contributed by atoms with Crippen molar-refractivity contribution >= 4 is 22.9 Å². The van der Waals surface area contributed by atoms with E-state index in [1.54, 1.807) is 31.6 Å². The van der Waals surface area contributed by atoms with Gasteiger partial charge >= 0.3 is 0 Å². The van der Waals surface area contributed by atoms with Crippen molar-refractivity contribution < 1.29 is 9.47 Å². The van der Waals surface area contributed by atoms with Gasteiger partial charge in [-0.1, -0.05) is 11.6 Å². The number of methoxy groups -OCH3 is 2. The van der Waals surface area contributed by atoms with Crippen LogP contribution in [0.4, 0.5) is 0 Å². The van der Waals surface area contributed by atoms with Gasteiger partial charge in [0.1, 0.15) is 0 Å². The maximum absolute atomic E-state index is 6.41. The Morgan fingerprint density at radius 3 is 2.25 bits per heavy atom. The highest BCUT2D eigenvalue weighted by atomic mass is 35.5. The number of hydrogen-bond donors (Lipinski definition) is 1. The van der Waals surface area contributed by atoms with Crippen LogP contribution in [0.25, 0.3) is 0 Å². The molecule has 1 aromatic heterocycles. The van der Waals surface area contributed by atoms with Gasteiger partial charge in [0.05, 0.1) is 20.3 Å². The summed E-state index contributed by atoms with van der Waals surface area (Å²) in [5.74, 6) is 1.32. The second-order valence-corrected chi connectivity index (χ2v) is 5.61. The number of hydrogen-bond acceptors (Lipinski definition) is 4. The third-order valence-corrected chi connectivity index (χ3v) is 4.52. The first-order chi connectivity index (χ1) is 9.62. The van der Waals surface area contributed by atoms with E-state index in [2.05, 4.69) is 23.0 Å². The molecule has 5 heteroatoms. The van der Waals surface area contributed by atoms with E-state index in [1.807, 2.05) is 13.1 Å². The standard InChI is InChI=1S/C15H18ClNO2S/c1-9-7-20-8-11(9)15(17-2)10-5-13(18-3)14(19-4)6-12(10)16/h5-8,15,17H,1-4H3. The van der Waals surface area contributed by atoms with Crippen LogP contribution in [-0.2, 0) is 0 Å². The second-order valence-electron chi connectivity index (χ2n) is 4.46. The van der Waals surface area contributed by atoms with Gasteiger partial charge in [-0.05, 0) is 47.5 Å². The average Bonchev–Trinajstić information content (AvgIpc) is 2.87. The second kappa shape index (κ2) is 6.48. The van der Waals surface area contributed by atoms with E-state index in [-0.39, 0.29) is 6.04 Å². The van der Waals surface area contributed by atoms with Crippen LogP contribution in [0, 0.1) is 6.92 Å². The van der Waals surface area contributed by atoms with Crippen molar-refractivity contribution in [3.05, 3.63) is 44.6 Å². The predicted octanol–water partition coefficient (Wildman–Crippen LogP) is 4.04. The lowest BCUT2D eigenvalue weighted by atomic mass is 9.98. The molecule has 0 spiro atoms. The first-order valence-corrected chi connectivity index (χ1v) is 7.55. The number of aryl methyl sites for hydroxylation is 1. The molecule has 0 aliphatic rings. The zero-order valence-electron chi connectivity index (χ0n) is 12.0. The number of thiophene rings is 1. The van der Waals surface area contributed by atoms with Crippen LogP contribution < -0.4 is 14.8 Å². The molecule has 0 saturated carbocycles. The average molecular weight is 312 g/mol. The minimum atomic E-state index is 0.0357. The molecule has 1 unspecified atom stereocenters. The lowest BCUT2D eigenvalue weighted by molar-refractivity contribution is 0.354. The van der Waals surface area contributed by atoms with Gasteiger partial charge in [0.15, 0.2) is 11.5 Å². The Balaban J connectivity index is 2.52. The van der Waals surface area contributed by atoms with Crippen molar-refractivity contribution in [3.63, 3.8) is 0 Å². The number of halogens is 1. The lowest BCUT2D eigenvalue weighted by Gasteiger charge is -2.20. The third-order valence-electron chi connectivity index (χ3n) is 3.31. The van der Waals surface area contributed by atoms with Crippen molar-refractivity contribution in [2.24, 2.45) is 0 Å². The summed E-state index contributed by atoms with van der Waals surface area (Å²) in [6, 6.07) is 3.76. The Bertz CT molecular complexity index is 598. The van der Waals surface area contributed by atoms with Crippen LogP contribution in [0.1, 0.15) is 22.7 Å². The first-order valence-electron chi connectivity index (χ1n) is 6.23. The summed E-state index contributed by atoms with van der Waals surface area (Å²) in [7, 11) is 5.15. The fourth-order valence-electron chi connectivity index (χ4n) is 2.24. The van der Waals surface area contributed by atoms with Crippen molar-refractivity contribution in [2.75, 3.05) is 21.3 Å². The molecule has 2 rings (SSSR count). The molecule has 0 bridgehead atoms. The smallest absolute Gasteiger partial charge is 0.162 e. The molecule has 1 aromatic carbocycles. The van der Waals surface area contributed by atoms with Crippen LogP contribution in [0.5, 0.6) is 11.5 Å². The molecular formula is C15H18ClNO2S. The van der Waals surface area contributed by atoms with Crippen LogP contribution in [0.2, 0.25) is 5.02 Å². The summed E-state index contributed by atoms with van der Waals surface area (Å²) in [6.45, 7) is 2.10. The van der Waals surface area contributed by atoms with Crippen molar-refractivity contribution in [1.29, 1.82) is 0 Å². The molecule has 0 saturated heterocycles. The minimum Gasteiger partial charge on any atom is -0.493 e. The fourth-order valence-corrected chi connectivity index (χ4v) is 3.38. The highest BCUT2D eigenvalue weighted by Gasteiger charge is 2.20. The Morgan fingerprint density at radius 2 is 1.75 bits per heavy atom. The van der Waals surface area contributed by atoms with Crippen molar-refractivity contribution in [2.45, 2.75) is 13.0 Å². The van der Waals surface area contributed by atoms with E-state index in [0.717, 1.165) is 5.56 Å². The number of ether oxygens (including phenoxy) is 2. The maximum atomic E-state index is 6.41. The van der Waals surface area contributed by atoms with Gasteiger partial charge < -0.3 is 14.8 Å². The van der Waals surface area contributed by atoms with E-state index in [9.17, 15) is 0 Å². The number of nitrogens with one attached hydrogen (secondary N) is 1. The van der Waals surface area contributed by atoms with Crippen LogP contribution in [0.15, 0.2) is 22.9 Å². The Kier molecular flexibility index (Phi) is 4.91. The van der Waals surface area contributed by atoms with Crippen molar-refractivity contribution in [3.8, 4) is 11.5 Å². The summed E-state index contributed by atoms with van der Waals surface area (Å²) in [5.41, 5.74) is 3.46. The van der Waals surface area contributed by atoms with Gasteiger partial charge in [-0.2, -0.15) is 11.3 Å². The highest BCUT2D eigenvalue weighted by Crippen LogP contribution is 2.38. The number of rotatable bonds is 5. The predicted molar refractivity (Wildman–Crippen MR) is 84.5 cm³/mol. The molecule has 0 amide bonds. The maximum Gasteiger partial charge on any atom is 0.162 e. The Labute approximate surface area is 128 Å². The fraction of sp³-hybridized carbons (Fsp3) is 0.333. The van der Waals surface area contributed by atoms with E-state index >= 15 is 0 Å². The summed E-state index contributed by atoms with van der Waals surface area (Å²) in [4.78, 5) is 0. The van der Waals surface area contributed by atoms with Gasteiger partial charge in [-0.3, -0.25) is 0 Å². The molecule has 2 aromatic rings. The van der Waals surface area contributed by atoms with Crippen LogP contribution in [0.3, 0.4) is 0 Å². The zero-order chi connectivity index (χ0) is 14.7. The largest absolute Gasteiger partial charge is 0.493 e. The van der Waals surface area contributed by atoms with Gasteiger partial charge in [0, 0.05) is 11.1 Å². The van der Waals surface area contributed by atoms with Gasteiger partial charge in [0.25, 0.3) is 0 Å². The summed E-state index contributed by atoms with van der Waals surface area (Å²) in [5, 5.41) is 8.25. The molecule has 1 N–H and O–H groups in total. The van der Waals surface area contributed by atoms with Crippen LogP contribution in [-0.4, -0.2) is 21.3 Å². The third kappa shape index (κ3) is 2.77. The molecular weight excluding hydrogens is 294 g/mol. The summed E-state index contributed by atoms with van der Waals surface area (Å²) in [6.07, 6.45) is 0. The molecule has 1 heterocycles. The van der Waals surface area contributed by atoms with E-state index in [0.29, 0.717) is 16.5 Å². The van der Waals surface area contributed by atoms with Gasteiger partial charge in [-0.15, -0.1) is 0 Å². The quantitative estimate of drug-likeness (QED) is 0.904. The SMILES string of the molecule is CNC(c1cscc1C)c1cc(OC)c(OC)cc1Cl. The minimum absolute atomic E-state index is 0.0357. The summed E-state index contributed by atoms with van der Waals surface area (Å²) < 4.78 is 10.6. The molecule has 0 aliphatic heterocycles. The van der Waals surface area contributed by atoms with E-state index in [1.165, 1.54) is 11.1 Å². The molecule has 20 heavy (non-hydrogen) atoms. The van der Waals surface area contributed by atoms with E-state index < -0.39 is 0 Å². The molecule has 1 atom stereocenters. The molecule has 0 aliphatic carbocycles. The van der Waals surface area contributed by atoms with Crippen LogP contribution >= 0.6 is 22.9 Å². The lowest BCUT2D eigenvalue weighted by Crippen LogP contribution is -2.18. The summed E-state index contributed by atoms with van der Waals surface area (Å²) >= 11 is 8.10. The van der Waals surface area contributed by atoms with Gasteiger partial charge in [-0.25, -0.2) is 0 Å². The van der Waals surface area contributed by atoms with Gasteiger partial charge in [0.2, 0.25) is 0 Å². The molecule has 0 fully saturated rings. The van der Waals surface area contributed by atoms with E-state index in [4.69, 9.17) is 21.1 Å². The number of benzene rings is 1. The Hall–Kier alpha value is -1.23. The zero-order valence-corrected chi connectivity index (χ0v) is 13.6. The van der Waals surface area contributed by atoms with Crippen molar-refractivity contribution in [1.82, 2.24) is 5.32 Å². The highest BCUT2D eigenvalue weighted by molar-refractivity contribution is 7.08. The monoisotopic (exact) mass is 311 g/mol. The molecule has 0 radical (unpaired) electrons. The Morgan fingerprint density at radius 1 is 1.10 bits per heavy atom. The molecule has 108 valence electrons. The normalized spacial score (nSPS) is 12.2. The molecule has 3 nitrogen and oxygen atoms in total. The first kappa shape index (κ1) is 15.2. The topological polar surface area (TPSA) is 30.5 Å².